The fourth-order valence-electron chi connectivity index (χ4n) is 2.42. The van der Waals surface area contributed by atoms with Crippen LogP contribution >= 0.6 is 0 Å². The van der Waals surface area contributed by atoms with Crippen molar-refractivity contribution in [3.63, 3.8) is 0 Å². The summed E-state index contributed by atoms with van der Waals surface area (Å²) in [6.45, 7) is 13.0. The quantitative estimate of drug-likeness (QED) is 0.763. The summed E-state index contributed by atoms with van der Waals surface area (Å²) in [6, 6.07) is -0.824. The molecule has 1 heterocycles. The molecule has 5 heteroatoms. The fourth-order valence-corrected chi connectivity index (χ4v) is 2.42. The number of nitrogens with zero attached hydrogens (tertiary/aromatic N) is 1. The van der Waals surface area contributed by atoms with Crippen LogP contribution in [0, 0.1) is 5.41 Å². The van der Waals surface area contributed by atoms with Gasteiger partial charge in [-0.1, -0.05) is 20.8 Å². The molecule has 0 aromatic heterocycles. The molecule has 0 aromatic rings. The second-order valence-electron chi connectivity index (χ2n) is 7.14. The lowest BCUT2D eigenvalue weighted by Gasteiger charge is -2.42. The van der Waals surface area contributed by atoms with Crippen LogP contribution in [0.3, 0.4) is 0 Å². The van der Waals surface area contributed by atoms with E-state index >= 15 is 0 Å². The highest BCUT2D eigenvalue weighted by Crippen LogP contribution is 2.25. The van der Waals surface area contributed by atoms with Crippen LogP contribution in [0.25, 0.3) is 0 Å². The topological polar surface area (TPSA) is 58.6 Å². The van der Waals surface area contributed by atoms with Crippen LogP contribution in [0.5, 0.6) is 0 Å². The molecular formula is C16H30N2O3. The van der Waals surface area contributed by atoms with Crippen LogP contribution < -0.4 is 5.32 Å². The fraction of sp³-hybridized carbons (Fsp3) is 0.875. The van der Waals surface area contributed by atoms with E-state index in [4.69, 9.17) is 4.74 Å². The number of unbranched alkanes of at least 4 members (excludes halogenated alkanes) is 1. The molecule has 1 N–H and O–H groups in total. The Morgan fingerprint density at radius 1 is 1.24 bits per heavy atom. The maximum atomic E-state index is 12.6. The molecule has 0 spiro atoms. The van der Waals surface area contributed by atoms with Crippen LogP contribution in [-0.2, 0) is 14.3 Å². The van der Waals surface area contributed by atoms with Crippen molar-refractivity contribution in [1.29, 1.82) is 0 Å². The average Bonchev–Trinajstić information content (AvgIpc) is 2.35. The van der Waals surface area contributed by atoms with Crippen molar-refractivity contribution in [1.82, 2.24) is 10.2 Å². The molecule has 5 nitrogen and oxygen atoms in total. The third-order valence-corrected chi connectivity index (χ3v) is 3.77. The minimum Gasteiger partial charge on any atom is -0.379 e. The molecule has 1 aliphatic heterocycles. The molecule has 0 saturated carbocycles. The molecular weight excluding hydrogens is 268 g/mol. The van der Waals surface area contributed by atoms with Gasteiger partial charge < -0.3 is 15.0 Å². The summed E-state index contributed by atoms with van der Waals surface area (Å²) in [4.78, 5) is 26.3. The average molecular weight is 298 g/mol. The molecule has 21 heavy (non-hydrogen) atoms. The zero-order valence-electron chi connectivity index (χ0n) is 14.2. The first-order chi connectivity index (χ1) is 9.64. The molecule has 1 rings (SSSR count). The Morgan fingerprint density at radius 2 is 1.86 bits per heavy atom. The van der Waals surface area contributed by atoms with Crippen molar-refractivity contribution in [3.05, 3.63) is 0 Å². The molecule has 0 bridgehead atoms. The summed E-state index contributed by atoms with van der Waals surface area (Å²) in [5, 5.41) is 2.85. The van der Waals surface area contributed by atoms with Crippen molar-refractivity contribution >= 4 is 11.8 Å². The van der Waals surface area contributed by atoms with E-state index in [2.05, 4.69) is 5.32 Å². The van der Waals surface area contributed by atoms with Gasteiger partial charge in [0.15, 0.2) is 0 Å². The Kier molecular flexibility index (Phi) is 6.20. The third kappa shape index (κ3) is 4.99. The van der Waals surface area contributed by atoms with Crippen LogP contribution in [-0.4, -0.2) is 48.1 Å². The smallest absolute Gasteiger partial charge is 0.246 e. The van der Waals surface area contributed by atoms with E-state index in [9.17, 15) is 9.59 Å². The van der Waals surface area contributed by atoms with Crippen molar-refractivity contribution in [2.24, 2.45) is 5.41 Å². The van der Waals surface area contributed by atoms with Crippen LogP contribution in [0.15, 0.2) is 0 Å². The van der Waals surface area contributed by atoms with Crippen LogP contribution in [0.4, 0.5) is 0 Å². The van der Waals surface area contributed by atoms with Crippen molar-refractivity contribution < 1.29 is 14.3 Å². The Bertz CT molecular complexity index is 374. The summed E-state index contributed by atoms with van der Waals surface area (Å²) in [7, 11) is 0. The lowest BCUT2D eigenvalue weighted by Crippen LogP contribution is -2.65. The normalized spacial score (nSPS) is 23.7. The van der Waals surface area contributed by atoms with E-state index in [1.807, 2.05) is 34.6 Å². The number of nitrogens with one attached hydrogen (secondary N) is 1. The molecule has 2 amide bonds. The first kappa shape index (κ1) is 18.0. The monoisotopic (exact) mass is 298 g/mol. The van der Waals surface area contributed by atoms with Gasteiger partial charge in [0.05, 0.1) is 6.10 Å². The lowest BCUT2D eigenvalue weighted by atomic mass is 9.84. The molecule has 1 saturated heterocycles. The largest absolute Gasteiger partial charge is 0.379 e. The third-order valence-electron chi connectivity index (χ3n) is 3.77. The molecule has 2 unspecified atom stereocenters. The number of rotatable bonds is 6. The zero-order valence-corrected chi connectivity index (χ0v) is 14.2. The molecule has 122 valence electrons. The Labute approximate surface area is 128 Å². The molecule has 2 atom stereocenters. The highest BCUT2D eigenvalue weighted by Gasteiger charge is 2.43. The number of hydrogen-bond acceptors (Lipinski definition) is 3. The van der Waals surface area contributed by atoms with E-state index in [-0.39, 0.29) is 29.4 Å². The predicted molar refractivity (Wildman–Crippen MR) is 82.9 cm³/mol. The second kappa shape index (κ2) is 7.25. The molecule has 1 aliphatic rings. The Morgan fingerprint density at radius 3 is 2.38 bits per heavy atom. The van der Waals surface area contributed by atoms with Gasteiger partial charge in [0.25, 0.3) is 0 Å². The number of amides is 2. The van der Waals surface area contributed by atoms with Crippen LogP contribution in [0.2, 0.25) is 0 Å². The van der Waals surface area contributed by atoms with Crippen molar-refractivity contribution in [3.8, 4) is 0 Å². The summed E-state index contributed by atoms with van der Waals surface area (Å²) in [5.74, 6) is -0.0349. The summed E-state index contributed by atoms with van der Waals surface area (Å²) in [5.41, 5.74) is -0.272. The molecule has 0 aromatic carbocycles. The van der Waals surface area contributed by atoms with E-state index in [0.717, 1.165) is 12.8 Å². The van der Waals surface area contributed by atoms with Crippen molar-refractivity contribution in [2.75, 3.05) is 13.2 Å². The first-order valence-corrected chi connectivity index (χ1v) is 7.87. The van der Waals surface area contributed by atoms with E-state index in [1.54, 1.807) is 11.8 Å². The van der Waals surface area contributed by atoms with Crippen LogP contribution in [0.1, 0.15) is 54.4 Å². The molecule has 0 radical (unpaired) electrons. The number of carbonyl (C=O) groups excluding carboxylic acids is 2. The number of piperazine rings is 1. The van der Waals surface area contributed by atoms with Gasteiger partial charge in [0.2, 0.25) is 11.8 Å². The van der Waals surface area contributed by atoms with Gasteiger partial charge in [-0.2, -0.15) is 0 Å². The number of hydrogen-bond donors (Lipinski definition) is 1. The Hall–Kier alpha value is -1.10. The standard InChI is InChI=1S/C16H30N2O3/c1-11(2)21-10-8-7-9-18-12(3)14(19)17-13(15(18)20)16(4,5)6/h11-13H,7-10H2,1-6H3,(H,17,19). The van der Waals surface area contributed by atoms with Gasteiger partial charge in [-0.25, -0.2) is 0 Å². The first-order valence-electron chi connectivity index (χ1n) is 7.87. The lowest BCUT2D eigenvalue weighted by molar-refractivity contribution is -0.151. The summed E-state index contributed by atoms with van der Waals surface area (Å²) in [6.07, 6.45) is 1.99. The maximum Gasteiger partial charge on any atom is 0.246 e. The Balaban J connectivity index is 2.57. The van der Waals surface area contributed by atoms with Gasteiger partial charge in [-0.15, -0.1) is 0 Å². The van der Waals surface area contributed by atoms with Gasteiger partial charge >= 0.3 is 0 Å². The number of ether oxygens (including phenoxy) is 1. The highest BCUT2D eigenvalue weighted by atomic mass is 16.5. The zero-order chi connectivity index (χ0) is 16.2. The maximum absolute atomic E-state index is 12.6. The predicted octanol–water partition coefficient (Wildman–Crippen LogP) is 1.95. The van der Waals surface area contributed by atoms with E-state index in [1.165, 1.54) is 0 Å². The van der Waals surface area contributed by atoms with E-state index < -0.39 is 6.04 Å². The van der Waals surface area contributed by atoms with Gasteiger partial charge in [0, 0.05) is 13.2 Å². The molecule has 1 fully saturated rings. The second-order valence-corrected chi connectivity index (χ2v) is 7.14. The minimum atomic E-state index is -0.437. The minimum absolute atomic E-state index is 0.0272. The van der Waals surface area contributed by atoms with Gasteiger partial charge in [-0.05, 0) is 39.0 Å². The highest BCUT2D eigenvalue weighted by molar-refractivity contribution is 5.97. The number of carbonyl (C=O) groups is 2. The van der Waals surface area contributed by atoms with Gasteiger partial charge in [-0.3, -0.25) is 9.59 Å². The summed E-state index contributed by atoms with van der Waals surface area (Å²) >= 11 is 0. The van der Waals surface area contributed by atoms with Crippen molar-refractivity contribution in [2.45, 2.75) is 72.6 Å². The summed E-state index contributed by atoms with van der Waals surface area (Å²) < 4.78 is 5.50. The SMILES string of the molecule is CC(C)OCCCCN1C(=O)C(C(C)(C)C)NC(=O)C1C. The molecule has 0 aliphatic carbocycles. The van der Waals surface area contributed by atoms with E-state index in [0.29, 0.717) is 13.2 Å². The van der Waals surface area contributed by atoms with Gasteiger partial charge in [0.1, 0.15) is 12.1 Å².